The molecule has 2 rings (SSSR count). The molecule has 1 aliphatic rings. The van der Waals surface area contributed by atoms with Crippen molar-refractivity contribution < 1.29 is 4.79 Å². The van der Waals surface area contributed by atoms with Gasteiger partial charge in [-0.25, -0.2) is 4.98 Å². The van der Waals surface area contributed by atoms with Crippen LogP contribution in [0.1, 0.15) is 38.4 Å². The number of hydrogen-bond donors (Lipinski definition) is 1. The highest BCUT2D eigenvalue weighted by Crippen LogP contribution is 2.29. The van der Waals surface area contributed by atoms with Crippen molar-refractivity contribution in [1.82, 2.24) is 14.5 Å². The van der Waals surface area contributed by atoms with Crippen molar-refractivity contribution in [3.05, 3.63) is 18.2 Å². The third kappa shape index (κ3) is 3.56. The number of nitrogens with two attached hydrogens (primary N) is 1. The predicted molar refractivity (Wildman–Crippen MR) is 74.2 cm³/mol. The number of amides is 1. The molecule has 0 bridgehead atoms. The Balaban J connectivity index is 2.00. The largest absolute Gasteiger partial charge is 0.337 e. The normalized spacial score (nSPS) is 16.4. The van der Waals surface area contributed by atoms with Crippen molar-refractivity contribution in [2.45, 2.75) is 45.2 Å². The van der Waals surface area contributed by atoms with Crippen LogP contribution in [0.4, 0.5) is 0 Å². The summed E-state index contributed by atoms with van der Waals surface area (Å²) in [5.41, 5.74) is 5.70. The van der Waals surface area contributed by atoms with E-state index in [2.05, 4.69) is 11.9 Å². The molecule has 0 saturated heterocycles. The van der Waals surface area contributed by atoms with E-state index in [1.165, 1.54) is 0 Å². The zero-order valence-electron chi connectivity index (χ0n) is 11.9. The fourth-order valence-corrected chi connectivity index (χ4v) is 2.27. The summed E-state index contributed by atoms with van der Waals surface area (Å²) in [4.78, 5) is 18.7. The molecule has 1 aliphatic carbocycles. The van der Waals surface area contributed by atoms with Crippen LogP contribution < -0.4 is 5.73 Å². The van der Waals surface area contributed by atoms with Gasteiger partial charge in [0.1, 0.15) is 5.82 Å². The maximum atomic E-state index is 12.4. The monoisotopic (exact) mass is 264 g/mol. The smallest absolute Gasteiger partial charge is 0.223 e. The molecule has 106 valence electrons. The number of rotatable bonds is 7. The Kier molecular flexibility index (Phi) is 4.58. The summed E-state index contributed by atoms with van der Waals surface area (Å²) in [5, 5.41) is 0. The predicted octanol–water partition coefficient (Wildman–Crippen LogP) is 1.29. The molecular formula is C14H24N4O. The molecule has 1 unspecified atom stereocenters. The second kappa shape index (κ2) is 6.19. The molecule has 1 aromatic rings. The molecule has 0 spiro atoms. The van der Waals surface area contributed by atoms with Crippen LogP contribution in [-0.2, 0) is 18.4 Å². The first-order valence-electron chi connectivity index (χ1n) is 7.11. The molecule has 5 nitrogen and oxygen atoms in total. The van der Waals surface area contributed by atoms with Crippen molar-refractivity contribution in [3.63, 3.8) is 0 Å². The lowest BCUT2D eigenvalue weighted by molar-refractivity contribution is -0.133. The molecule has 0 aromatic carbocycles. The van der Waals surface area contributed by atoms with Crippen molar-refractivity contribution in [2.24, 2.45) is 18.7 Å². The lowest BCUT2D eigenvalue weighted by atomic mass is 10.0. The van der Waals surface area contributed by atoms with Gasteiger partial charge in [-0.2, -0.15) is 0 Å². The zero-order valence-corrected chi connectivity index (χ0v) is 11.9. The van der Waals surface area contributed by atoms with Gasteiger partial charge in [-0.15, -0.1) is 0 Å². The Morgan fingerprint density at radius 1 is 1.63 bits per heavy atom. The Hall–Kier alpha value is -1.36. The zero-order chi connectivity index (χ0) is 13.8. The van der Waals surface area contributed by atoms with E-state index in [1.54, 1.807) is 6.20 Å². The van der Waals surface area contributed by atoms with E-state index >= 15 is 0 Å². The van der Waals surface area contributed by atoms with E-state index in [0.29, 0.717) is 31.5 Å². The molecule has 1 atom stereocenters. The number of nitrogens with zero attached hydrogens (tertiary/aromatic N) is 3. The van der Waals surface area contributed by atoms with E-state index in [-0.39, 0.29) is 5.91 Å². The molecule has 1 fully saturated rings. The quantitative estimate of drug-likeness (QED) is 0.807. The summed E-state index contributed by atoms with van der Waals surface area (Å²) < 4.78 is 1.98. The summed E-state index contributed by atoms with van der Waals surface area (Å²) in [6.45, 7) is 3.29. The molecule has 1 heterocycles. The topological polar surface area (TPSA) is 64.2 Å². The van der Waals surface area contributed by atoms with E-state index in [1.807, 2.05) is 22.7 Å². The molecule has 1 aromatic heterocycles. The van der Waals surface area contributed by atoms with E-state index in [9.17, 15) is 4.79 Å². The van der Waals surface area contributed by atoms with Crippen LogP contribution in [0.15, 0.2) is 12.4 Å². The highest BCUT2D eigenvalue weighted by molar-refractivity contribution is 5.77. The van der Waals surface area contributed by atoms with Gasteiger partial charge < -0.3 is 15.2 Å². The van der Waals surface area contributed by atoms with Crippen LogP contribution in [0, 0.1) is 5.92 Å². The van der Waals surface area contributed by atoms with Crippen molar-refractivity contribution in [1.29, 1.82) is 0 Å². The number of hydrogen-bond acceptors (Lipinski definition) is 3. The summed E-state index contributed by atoms with van der Waals surface area (Å²) in [6.07, 6.45) is 7.46. The average molecular weight is 264 g/mol. The van der Waals surface area contributed by atoms with Crippen molar-refractivity contribution in [3.8, 4) is 0 Å². The minimum absolute atomic E-state index is 0.225. The van der Waals surface area contributed by atoms with Gasteiger partial charge in [0.25, 0.3) is 0 Å². The summed E-state index contributed by atoms with van der Waals surface area (Å²) in [5.74, 6) is 1.47. The first-order valence-corrected chi connectivity index (χ1v) is 7.11. The fourth-order valence-electron chi connectivity index (χ4n) is 2.27. The molecule has 19 heavy (non-hydrogen) atoms. The van der Waals surface area contributed by atoms with Crippen molar-refractivity contribution in [2.75, 3.05) is 6.54 Å². The SMILES string of the molecule is CCC(CN)CC(=O)N(Cc1nccn1C)C1CC1. The van der Waals surface area contributed by atoms with Gasteiger partial charge in [0, 0.05) is 31.9 Å². The molecule has 5 heteroatoms. The molecule has 2 N–H and O–H groups in total. The Morgan fingerprint density at radius 3 is 2.84 bits per heavy atom. The standard InChI is InChI=1S/C14H24N4O/c1-3-11(9-15)8-14(19)18(12-4-5-12)10-13-16-6-7-17(13)2/h6-7,11-12H,3-5,8-10,15H2,1-2H3. The molecule has 0 aliphatic heterocycles. The fraction of sp³-hybridized carbons (Fsp3) is 0.714. The third-order valence-corrected chi connectivity index (χ3v) is 3.91. The number of aryl methyl sites for hydroxylation is 1. The lowest BCUT2D eigenvalue weighted by Gasteiger charge is -2.24. The maximum Gasteiger partial charge on any atom is 0.223 e. The van der Waals surface area contributed by atoms with Gasteiger partial charge >= 0.3 is 0 Å². The number of carbonyl (C=O) groups excluding carboxylic acids is 1. The molecule has 1 saturated carbocycles. The van der Waals surface area contributed by atoms with E-state index in [0.717, 1.165) is 25.1 Å². The first kappa shape index (κ1) is 14.1. The molecule has 1 amide bonds. The highest BCUT2D eigenvalue weighted by atomic mass is 16.2. The van der Waals surface area contributed by atoms with E-state index in [4.69, 9.17) is 5.73 Å². The van der Waals surface area contributed by atoms with Crippen LogP contribution in [0.25, 0.3) is 0 Å². The minimum atomic E-state index is 0.225. The summed E-state index contributed by atoms with van der Waals surface area (Å²) in [7, 11) is 1.96. The summed E-state index contributed by atoms with van der Waals surface area (Å²) >= 11 is 0. The van der Waals surface area contributed by atoms with Crippen molar-refractivity contribution >= 4 is 5.91 Å². The minimum Gasteiger partial charge on any atom is -0.337 e. The van der Waals surface area contributed by atoms with E-state index < -0.39 is 0 Å². The Morgan fingerprint density at radius 2 is 2.37 bits per heavy atom. The second-order valence-corrected chi connectivity index (χ2v) is 5.42. The number of aromatic nitrogens is 2. The van der Waals surface area contributed by atoms with Gasteiger partial charge in [0.05, 0.1) is 6.54 Å². The molecule has 0 radical (unpaired) electrons. The van der Waals surface area contributed by atoms with Crippen LogP contribution in [0.5, 0.6) is 0 Å². The maximum absolute atomic E-state index is 12.4. The summed E-state index contributed by atoms with van der Waals surface area (Å²) in [6, 6.07) is 0.416. The van der Waals surface area contributed by atoms with Crippen LogP contribution in [0.3, 0.4) is 0 Å². The van der Waals surface area contributed by atoms with Gasteiger partial charge in [-0.3, -0.25) is 4.79 Å². The van der Waals surface area contributed by atoms with Gasteiger partial charge in [-0.1, -0.05) is 13.3 Å². The number of imidazole rings is 1. The third-order valence-electron chi connectivity index (χ3n) is 3.91. The van der Waals surface area contributed by atoms with Crippen LogP contribution >= 0.6 is 0 Å². The lowest BCUT2D eigenvalue weighted by Crippen LogP contribution is -2.35. The van der Waals surface area contributed by atoms with Gasteiger partial charge in [0.15, 0.2) is 0 Å². The van der Waals surface area contributed by atoms with Gasteiger partial charge in [-0.05, 0) is 25.3 Å². The number of carbonyl (C=O) groups is 1. The van der Waals surface area contributed by atoms with Crippen LogP contribution in [-0.4, -0.2) is 32.9 Å². The van der Waals surface area contributed by atoms with Gasteiger partial charge in [0.2, 0.25) is 5.91 Å². The second-order valence-electron chi connectivity index (χ2n) is 5.42. The molecular weight excluding hydrogens is 240 g/mol. The van der Waals surface area contributed by atoms with Crippen LogP contribution in [0.2, 0.25) is 0 Å². The Labute approximate surface area is 114 Å². The average Bonchev–Trinajstić information content (AvgIpc) is 3.17. The highest BCUT2D eigenvalue weighted by Gasteiger charge is 2.33. The Bertz CT molecular complexity index is 421. The first-order chi connectivity index (χ1) is 9.15.